The Bertz CT molecular complexity index is 113. The fourth-order valence-electron chi connectivity index (χ4n) is 2.10. The molecule has 0 aromatic carbocycles. The summed E-state index contributed by atoms with van der Waals surface area (Å²) in [6.45, 7) is 4.43. The molecular formula is C8H19N3. The van der Waals surface area contributed by atoms with Crippen LogP contribution in [0.3, 0.4) is 0 Å². The van der Waals surface area contributed by atoms with Gasteiger partial charge in [0.2, 0.25) is 0 Å². The minimum Gasteiger partial charge on any atom is -0.314 e. The van der Waals surface area contributed by atoms with Gasteiger partial charge in [0.15, 0.2) is 0 Å². The minimum absolute atomic E-state index is 0.551. The molecule has 3 unspecified atom stereocenters. The van der Waals surface area contributed by atoms with E-state index in [4.69, 9.17) is 0 Å². The molecule has 66 valence electrons. The Morgan fingerprint density at radius 3 is 1.55 bits per heavy atom. The molecule has 3 nitrogen and oxygen atoms in total. The van der Waals surface area contributed by atoms with Crippen molar-refractivity contribution in [3.8, 4) is 0 Å². The quantitative estimate of drug-likeness (QED) is 0.508. The maximum absolute atomic E-state index is 3.49. The summed E-state index contributed by atoms with van der Waals surface area (Å²) in [5.74, 6) is 0. The molecular weight excluding hydrogens is 138 g/mol. The van der Waals surface area contributed by atoms with Crippen LogP contribution in [-0.4, -0.2) is 38.3 Å². The van der Waals surface area contributed by atoms with Crippen molar-refractivity contribution < 1.29 is 0 Å². The number of hydrogen-bond acceptors (Lipinski definition) is 3. The highest BCUT2D eigenvalue weighted by Crippen LogP contribution is 2.12. The van der Waals surface area contributed by atoms with Crippen LogP contribution in [0.5, 0.6) is 0 Å². The predicted octanol–water partition coefficient (Wildman–Crippen LogP) is -0.457. The van der Waals surface area contributed by atoms with Crippen molar-refractivity contribution in [1.82, 2.24) is 16.0 Å². The van der Waals surface area contributed by atoms with Crippen LogP contribution in [-0.2, 0) is 0 Å². The Labute approximate surface area is 68.9 Å². The van der Waals surface area contributed by atoms with E-state index in [2.05, 4.69) is 29.8 Å². The van der Waals surface area contributed by atoms with E-state index in [9.17, 15) is 0 Å². The molecule has 1 rings (SSSR count). The standard InChI is InChI=1S/C8H19N3/c1-5-7(9-3)8(10-4)6(2)11-5/h5-11H,1-4H3/t5?,6?,7-,8?/m1/s1. The summed E-state index contributed by atoms with van der Waals surface area (Å²) in [6.07, 6.45) is 0. The fourth-order valence-corrected chi connectivity index (χ4v) is 2.10. The third-order valence-electron chi connectivity index (χ3n) is 2.66. The van der Waals surface area contributed by atoms with Gasteiger partial charge < -0.3 is 16.0 Å². The lowest BCUT2D eigenvalue weighted by molar-refractivity contribution is 0.426. The van der Waals surface area contributed by atoms with Gasteiger partial charge in [0.25, 0.3) is 0 Å². The van der Waals surface area contributed by atoms with Crippen LogP contribution in [0, 0.1) is 0 Å². The Balaban J connectivity index is 2.59. The van der Waals surface area contributed by atoms with Crippen molar-refractivity contribution in [3.05, 3.63) is 0 Å². The van der Waals surface area contributed by atoms with E-state index in [1.54, 1.807) is 0 Å². The Morgan fingerprint density at radius 2 is 1.27 bits per heavy atom. The molecule has 1 fully saturated rings. The molecule has 0 bridgehead atoms. The molecule has 1 saturated heterocycles. The second kappa shape index (κ2) is 3.52. The summed E-state index contributed by atoms with van der Waals surface area (Å²) < 4.78 is 0. The molecule has 3 N–H and O–H groups in total. The van der Waals surface area contributed by atoms with E-state index in [0.717, 1.165) is 0 Å². The van der Waals surface area contributed by atoms with Gasteiger partial charge in [-0.05, 0) is 27.9 Å². The van der Waals surface area contributed by atoms with Crippen LogP contribution in [0.15, 0.2) is 0 Å². The molecule has 0 aromatic heterocycles. The van der Waals surface area contributed by atoms with Crippen molar-refractivity contribution in [3.63, 3.8) is 0 Å². The summed E-state index contributed by atoms with van der Waals surface area (Å²) in [4.78, 5) is 0. The Morgan fingerprint density at radius 1 is 0.909 bits per heavy atom. The van der Waals surface area contributed by atoms with Crippen LogP contribution >= 0.6 is 0 Å². The average molecular weight is 157 g/mol. The van der Waals surface area contributed by atoms with E-state index >= 15 is 0 Å². The topological polar surface area (TPSA) is 36.1 Å². The second-order valence-electron chi connectivity index (χ2n) is 3.37. The highest BCUT2D eigenvalue weighted by molar-refractivity contribution is 5.01. The van der Waals surface area contributed by atoms with Crippen LogP contribution in [0.1, 0.15) is 13.8 Å². The maximum Gasteiger partial charge on any atom is 0.0385 e. The zero-order chi connectivity index (χ0) is 8.43. The monoisotopic (exact) mass is 157 g/mol. The van der Waals surface area contributed by atoms with Gasteiger partial charge in [0.05, 0.1) is 0 Å². The number of likely N-dealkylation sites (N-methyl/N-ethyl adjacent to an activating group) is 2. The van der Waals surface area contributed by atoms with Gasteiger partial charge in [0, 0.05) is 24.2 Å². The molecule has 0 aromatic rings. The molecule has 0 amide bonds. The van der Waals surface area contributed by atoms with E-state index in [0.29, 0.717) is 24.2 Å². The number of nitrogens with one attached hydrogen (secondary N) is 3. The van der Waals surface area contributed by atoms with Crippen LogP contribution in [0.25, 0.3) is 0 Å². The van der Waals surface area contributed by atoms with Crippen molar-refractivity contribution in [2.75, 3.05) is 14.1 Å². The zero-order valence-corrected chi connectivity index (χ0v) is 7.81. The van der Waals surface area contributed by atoms with E-state index in [1.807, 2.05) is 14.1 Å². The van der Waals surface area contributed by atoms with E-state index in [1.165, 1.54) is 0 Å². The minimum atomic E-state index is 0.551. The summed E-state index contributed by atoms with van der Waals surface area (Å²) in [5, 5.41) is 10.1. The summed E-state index contributed by atoms with van der Waals surface area (Å²) in [6, 6.07) is 2.23. The molecule has 1 aliphatic heterocycles. The molecule has 0 saturated carbocycles. The van der Waals surface area contributed by atoms with Gasteiger partial charge >= 0.3 is 0 Å². The SMILES string of the molecule is CNC1C(C)NC(C)[C@H]1NC. The molecule has 0 aliphatic carbocycles. The van der Waals surface area contributed by atoms with Gasteiger partial charge in [-0.25, -0.2) is 0 Å². The Kier molecular flexibility index (Phi) is 2.87. The molecule has 0 spiro atoms. The first-order chi connectivity index (χ1) is 5.20. The van der Waals surface area contributed by atoms with Gasteiger partial charge in [-0.1, -0.05) is 0 Å². The third kappa shape index (κ3) is 1.55. The maximum atomic E-state index is 3.49. The summed E-state index contributed by atoms with van der Waals surface area (Å²) in [5.41, 5.74) is 0. The highest BCUT2D eigenvalue weighted by Gasteiger charge is 2.35. The number of hydrogen-bond donors (Lipinski definition) is 3. The largest absolute Gasteiger partial charge is 0.314 e. The summed E-state index contributed by atoms with van der Waals surface area (Å²) >= 11 is 0. The van der Waals surface area contributed by atoms with Gasteiger partial charge in [-0.2, -0.15) is 0 Å². The van der Waals surface area contributed by atoms with Crippen molar-refractivity contribution in [2.24, 2.45) is 0 Å². The third-order valence-corrected chi connectivity index (χ3v) is 2.66. The first-order valence-electron chi connectivity index (χ1n) is 4.31. The zero-order valence-electron chi connectivity index (χ0n) is 7.81. The van der Waals surface area contributed by atoms with Gasteiger partial charge in [-0.3, -0.25) is 0 Å². The van der Waals surface area contributed by atoms with Crippen molar-refractivity contribution in [1.29, 1.82) is 0 Å². The summed E-state index contributed by atoms with van der Waals surface area (Å²) in [7, 11) is 4.04. The smallest absolute Gasteiger partial charge is 0.0385 e. The van der Waals surface area contributed by atoms with Gasteiger partial charge in [-0.15, -0.1) is 0 Å². The first-order valence-corrected chi connectivity index (χ1v) is 4.31. The lowest BCUT2D eigenvalue weighted by Gasteiger charge is -2.21. The van der Waals surface area contributed by atoms with Crippen molar-refractivity contribution in [2.45, 2.75) is 38.0 Å². The van der Waals surface area contributed by atoms with Crippen LogP contribution < -0.4 is 16.0 Å². The molecule has 1 heterocycles. The molecule has 4 atom stereocenters. The van der Waals surface area contributed by atoms with Crippen molar-refractivity contribution >= 4 is 0 Å². The second-order valence-corrected chi connectivity index (χ2v) is 3.37. The Hall–Kier alpha value is -0.120. The lowest BCUT2D eigenvalue weighted by atomic mass is 10.0. The lowest BCUT2D eigenvalue weighted by Crippen LogP contribution is -2.48. The highest BCUT2D eigenvalue weighted by atomic mass is 15.2. The first kappa shape index (κ1) is 8.97. The van der Waals surface area contributed by atoms with E-state index < -0.39 is 0 Å². The average Bonchev–Trinajstić information content (AvgIpc) is 2.24. The van der Waals surface area contributed by atoms with E-state index in [-0.39, 0.29) is 0 Å². The van der Waals surface area contributed by atoms with Crippen LogP contribution in [0.2, 0.25) is 0 Å². The fraction of sp³-hybridized carbons (Fsp3) is 1.00. The predicted molar refractivity (Wildman–Crippen MR) is 47.8 cm³/mol. The van der Waals surface area contributed by atoms with Crippen LogP contribution in [0.4, 0.5) is 0 Å². The normalized spacial score (nSPS) is 44.7. The molecule has 3 heteroatoms. The molecule has 1 aliphatic rings. The molecule has 0 radical (unpaired) electrons. The number of rotatable bonds is 2. The molecule has 11 heavy (non-hydrogen) atoms. The van der Waals surface area contributed by atoms with Gasteiger partial charge in [0.1, 0.15) is 0 Å².